The van der Waals surface area contributed by atoms with Gasteiger partial charge in [0, 0.05) is 18.4 Å². The fraction of sp³-hybridized carbons (Fsp3) is 0.429. The van der Waals surface area contributed by atoms with Crippen LogP contribution in [-0.2, 0) is 5.41 Å². The lowest BCUT2D eigenvalue weighted by atomic mass is 9.31. The third-order valence-corrected chi connectivity index (χ3v) is 6.09. The minimum atomic E-state index is -0.0722. The standard InChI is InChI=1S/C21H25N3O/c1-14(2)18(24-19(25)15-8-17(22)10-23-9-15)21-11-20(12-21,13-21)16-6-4-3-5-7-16/h3-10,14,18H,11-13,22H2,1-2H3,(H,24,25). The molecule has 0 aliphatic heterocycles. The van der Waals surface area contributed by atoms with Crippen molar-refractivity contribution in [2.24, 2.45) is 11.3 Å². The van der Waals surface area contributed by atoms with Crippen LogP contribution in [0.1, 0.15) is 49.0 Å². The summed E-state index contributed by atoms with van der Waals surface area (Å²) in [4.78, 5) is 16.7. The van der Waals surface area contributed by atoms with Gasteiger partial charge in [-0.2, -0.15) is 0 Å². The van der Waals surface area contributed by atoms with Crippen molar-refractivity contribution in [1.82, 2.24) is 10.3 Å². The first kappa shape index (κ1) is 16.1. The number of rotatable bonds is 5. The van der Waals surface area contributed by atoms with E-state index < -0.39 is 0 Å². The number of nitrogens with zero attached hydrogens (tertiary/aromatic N) is 1. The minimum absolute atomic E-state index is 0.0722. The molecular weight excluding hydrogens is 310 g/mol. The number of carbonyl (C=O) groups is 1. The molecule has 3 saturated carbocycles. The molecule has 2 bridgehead atoms. The van der Waals surface area contributed by atoms with Crippen LogP contribution in [0.3, 0.4) is 0 Å². The van der Waals surface area contributed by atoms with Gasteiger partial charge in [0.1, 0.15) is 0 Å². The number of aromatic nitrogens is 1. The zero-order chi connectivity index (χ0) is 17.7. The fourth-order valence-electron chi connectivity index (χ4n) is 5.13. The highest BCUT2D eigenvalue weighted by atomic mass is 16.1. The zero-order valence-corrected chi connectivity index (χ0v) is 14.8. The van der Waals surface area contributed by atoms with Gasteiger partial charge in [0.05, 0.1) is 11.3 Å². The Bertz CT molecular complexity index is 780. The molecule has 3 aliphatic carbocycles. The van der Waals surface area contributed by atoms with Crippen molar-refractivity contribution in [3.05, 3.63) is 59.9 Å². The van der Waals surface area contributed by atoms with Crippen molar-refractivity contribution in [3.8, 4) is 0 Å². The highest BCUT2D eigenvalue weighted by Crippen LogP contribution is 2.75. The first-order valence-electron chi connectivity index (χ1n) is 9.01. The Kier molecular flexibility index (Phi) is 3.60. The van der Waals surface area contributed by atoms with E-state index in [9.17, 15) is 4.79 Å². The van der Waals surface area contributed by atoms with Crippen LogP contribution in [0, 0.1) is 11.3 Å². The van der Waals surface area contributed by atoms with Gasteiger partial charge in [0.25, 0.3) is 5.91 Å². The van der Waals surface area contributed by atoms with Crippen LogP contribution in [0.15, 0.2) is 48.8 Å². The molecule has 0 saturated heterocycles. The molecule has 1 heterocycles. The highest BCUT2D eigenvalue weighted by molar-refractivity contribution is 5.94. The lowest BCUT2D eigenvalue weighted by Crippen LogP contribution is -2.72. The summed E-state index contributed by atoms with van der Waals surface area (Å²) in [5.74, 6) is 0.323. The number of hydrogen-bond donors (Lipinski definition) is 2. The summed E-state index contributed by atoms with van der Waals surface area (Å²) in [6, 6.07) is 12.7. The maximum Gasteiger partial charge on any atom is 0.253 e. The summed E-state index contributed by atoms with van der Waals surface area (Å²) >= 11 is 0. The van der Waals surface area contributed by atoms with Crippen molar-refractivity contribution >= 4 is 11.6 Å². The molecule has 1 unspecified atom stereocenters. The molecule has 2 aromatic rings. The van der Waals surface area contributed by atoms with E-state index in [1.165, 1.54) is 24.8 Å². The summed E-state index contributed by atoms with van der Waals surface area (Å²) < 4.78 is 0. The van der Waals surface area contributed by atoms with E-state index >= 15 is 0 Å². The second-order valence-corrected chi connectivity index (χ2v) is 8.24. The van der Waals surface area contributed by atoms with Crippen molar-refractivity contribution in [1.29, 1.82) is 0 Å². The van der Waals surface area contributed by atoms with Gasteiger partial charge in [-0.25, -0.2) is 0 Å². The van der Waals surface area contributed by atoms with Crippen molar-refractivity contribution < 1.29 is 4.79 Å². The maximum atomic E-state index is 12.7. The molecule has 1 aromatic carbocycles. The monoisotopic (exact) mass is 335 g/mol. The van der Waals surface area contributed by atoms with Crippen molar-refractivity contribution in [3.63, 3.8) is 0 Å². The summed E-state index contributed by atoms with van der Waals surface area (Å²) in [7, 11) is 0. The maximum absolute atomic E-state index is 12.7. The number of amides is 1. The van der Waals surface area contributed by atoms with E-state index in [-0.39, 0.29) is 17.4 Å². The Balaban J connectivity index is 1.48. The number of nitrogen functional groups attached to an aromatic ring is 1. The predicted octanol–water partition coefficient (Wildman–Crippen LogP) is 3.54. The van der Waals surface area contributed by atoms with Crippen molar-refractivity contribution in [2.75, 3.05) is 5.73 Å². The smallest absolute Gasteiger partial charge is 0.253 e. The van der Waals surface area contributed by atoms with E-state index in [4.69, 9.17) is 5.73 Å². The summed E-state index contributed by atoms with van der Waals surface area (Å²) in [5.41, 5.74) is 8.85. The van der Waals surface area contributed by atoms with Crippen LogP contribution in [0.2, 0.25) is 0 Å². The van der Waals surface area contributed by atoms with Crippen LogP contribution >= 0.6 is 0 Å². The zero-order valence-electron chi connectivity index (χ0n) is 14.8. The second kappa shape index (κ2) is 5.58. The van der Waals surface area contributed by atoms with Gasteiger partial charge >= 0.3 is 0 Å². The number of carbonyl (C=O) groups excluding carboxylic acids is 1. The third kappa shape index (κ3) is 2.51. The van der Waals surface area contributed by atoms with Crippen LogP contribution < -0.4 is 11.1 Å². The average Bonchev–Trinajstić information content (AvgIpc) is 2.52. The molecule has 1 amide bonds. The van der Waals surface area contributed by atoms with Gasteiger partial charge in [-0.05, 0) is 47.6 Å². The van der Waals surface area contributed by atoms with E-state index in [2.05, 4.69) is 54.5 Å². The van der Waals surface area contributed by atoms with E-state index in [1.54, 1.807) is 18.5 Å². The fourth-order valence-corrected chi connectivity index (χ4v) is 5.13. The predicted molar refractivity (Wildman–Crippen MR) is 99.1 cm³/mol. The Morgan fingerprint density at radius 1 is 1.16 bits per heavy atom. The molecule has 130 valence electrons. The number of nitrogens with two attached hydrogens (primary N) is 1. The molecule has 4 heteroatoms. The molecule has 0 radical (unpaired) electrons. The summed E-state index contributed by atoms with van der Waals surface area (Å²) in [6.07, 6.45) is 6.64. The van der Waals surface area contributed by atoms with Gasteiger partial charge in [-0.1, -0.05) is 44.2 Å². The minimum Gasteiger partial charge on any atom is -0.397 e. The Labute approximate surface area is 148 Å². The Morgan fingerprint density at radius 2 is 1.84 bits per heavy atom. The van der Waals surface area contributed by atoms with Crippen LogP contribution in [0.5, 0.6) is 0 Å². The van der Waals surface area contributed by atoms with Gasteiger partial charge < -0.3 is 11.1 Å². The number of anilines is 1. The lowest BCUT2D eigenvalue weighted by molar-refractivity contribution is -0.170. The topological polar surface area (TPSA) is 68.0 Å². The first-order chi connectivity index (χ1) is 11.9. The molecule has 4 nitrogen and oxygen atoms in total. The number of nitrogens with one attached hydrogen (secondary N) is 1. The Morgan fingerprint density at radius 3 is 2.44 bits per heavy atom. The van der Waals surface area contributed by atoms with Gasteiger partial charge in [0.15, 0.2) is 0 Å². The molecule has 5 rings (SSSR count). The quantitative estimate of drug-likeness (QED) is 0.878. The number of hydrogen-bond acceptors (Lipinski definition) is 3. The summed E-state index contributed by atoms with van der Waals surface area (Å²) in [6.45, 7) is 4.39. The largest absolute Gasteiger partial charge is 0.397 e. The molecule has 25 heavy (non-hydrogen) atoms. The van der Waals surface area contributed by atoms with Crippen LogP contribution in [0.25, 0.3) is 0 Å². The SMILES string of the molecule is CC(C)C(NC(=O)c1cncc(N)c1)C12CC(c3ccccc3)(C1)C2. The molecular formula is C21H25N3O. The van der Waals surface area contributed by atoms with E-state index in [0.29, 0.717) is 22.6 Å². The first-order valence-corrected chi connectivity index (χ1v) is 9.01. The lowest BCUT2D eigenvalue weighted by Gasteiger charge is -2.74. The van der Waals surface area contributed by atoms with Gasteiger partial charge in [0.2, 0.25) is 0 Å². The molecule has 1 aromatic heterocycles. The molecule has 0 spiro atoms. The van der Waals surface area contributed by atoms with Crippen LogP contribution in [-0.4, -0.2) is 16.9 Å². The molecule has 3 N–H and O–H groups in total. The summed E-state index contributed by atoms with van der Waals surface area (Å²) in [5, 5.41) is 3.27. The third-order valence-electron chi connectivity index (χ3n) is 6.09. The van der Waals surface area contributed by atoms with Crippen molar-refractivity contribution in [2.45, 2.75) is 44.6 Å². The van der Waals surface area contributed by atoms with E-state index in [1.807, 2.05) is 0 Å². The van der Waals surface area contributed by atoms with Gasteiger partial charge in [-0.3, -0.25) is 9.78 Å². The number of benzene rings is 1. The van der Waals surface area contributed by atoms with E-state index in [0.717, 1.165) is 0 Å². The second-order valence-electron chi connectivity index (χ2n) is 8.24. The van der Waals surface area contributed by atoms with Crippen LogP contribution in [0.4, 0.5) is 5.69 Å². The average molecular weight is 335 g/mol. The molecule has 3 fully saturated rings. The normalized spacial score (nSPS) is 28.0. The Hall–Kier alpha value is -2.36. The molecule has 1 atom stereocenters. The van der Waals surface area contributed by atoms with Gasteiger partial charge in [-0.15, -0.1) is 0 Å². The number of pyridine rings is 1. The molecule has 3 aliphatic rings. The highest BCUT2D eigenvalue weighted by Gasteiger charge is 2.71.